The topological polar surface area (TPSA) is 49.8 Å². The molecular formula is C15H22ClNO3. The molecular weight excluding hydrogens is 278 g/mol. The molecule has 0 aliphatic rings. The SMILES string of the molecule is CN(CCCCCO)C(=O)CCOc1ccccc1Cl. The van der Waals surface area contributed by atoms with Crippen LogP contribution >= 0.6 is 11.6 Å². The van der Waals surface area contributed by atoms with Gasteiger partial charge in [0.1, 0.15) is 5.75 Å². The Kier molecular flexibility index (Phi) is 8.07. The normalized spacial score (nSPS) is 10.3. The van der Waals surface area contributed by atoms with Crippen molar-refractivity contribution in [3.8, 4) is 5.75 Å². The van der Waals surface area contributed by atoms with Crippen LogP contribution in [0.25, 0.3) is 0 Å². The number of amides is 1. The number of hydrogen-bond donors (Lipinski definition) is 1. The van der Waals surface area contributed by atoms with Gasteiger partial charge in [0.2, 0.25) is 5.91 Å². The number of ether oxygens (including phenoxy) is 1. The van der Waals surface area contributed by atoms with E-state index in [-0.39, 0.29) is 12.5 Å². The molecule has 0 spiro atoms. The molecule has 0 aromatic heterocycles. The van der Waals surface area contributed by atoms with Crippen molar-refractivity contribution >= 4 is 17.5 Å². The standard InChI is InChI=1S/C15H22ClNO3/c1-17(10-5-2-6-11-18)15(19)9-12-20-14-8-4-3-7-13(14)16/h3-4,7-8,18H,2,5-6,9-12H2,1H3. The maximum absolute atomic E-state index is 11.8. The second kappa shape index (κ2) is 9.61. The first-order valence-corrected chi connectivity index (χ1v) is 7.25. The Morgan fingerprint density at radius 1 is 1.30 bits per heavy atom. The van der Waals surface area contributed by atoms with Crippen molar-refractivity contribution in [3.05, 3.63) is 29.3 Å². The fraction of sp³-hybridized carbons (Fsp3) is 0.533. The van der Waals surface area contributed by atoms with Gasteiger partial charge in [-0.2, -0.15) is 0 Å². The monoisotopic (exact) mass is 299 g/mol. The Morgan fingerprint density at radius 3 is 2.75 bits per heavy atom. The summed E-state index contributed by atoms with van der Waals surface area (Å²) in [6, 6.07) is 7.22. The number of aliphatic hydroxyl groups is 1. The molecule has 0 aliphatic carbocycles. The van der Waals surface area contributed by atoms with E-state index < -0.39 is 0 Å². The number of halogens is 1. The van der Waals surface area contributed by atoms with Crippen molar-refractivity contribution in [3.63, 3.8) is 0 Å². The summed E-state index contributed by atoms with van der Waals surface area (Å²) in [6.45, 7) is 1.25. The lowest BCUT2D eigenvalue weighted by Crippen LogP contribution is -2.28. The van der Waals surface area contributed by atoms with Crippen molar-refractivity contribution in [2.24, 2.45) is 0 Å². The molecule has 0 bridgehead atoms. The Bertz CT molecular complexity index is 412. The quantitative estimate of drug-likeness (QED) is 0.713. The number of benzene rings is 1. The van der Waals surface area contributed by atoms with E-state index in [1.54, 1.807) is 24.1 Å². The highest BCUT2D eigenvalue weighted by molar-refractivity contribution is 6.32. The third-order valence-corrected chi connectivity index (χ3v) is 3.30. The van der Waals surface area contributed by atoms with Gasteiger partial charge in [-0.1, -0.05) is 23.7 Å². The van der Waals surface area contributed by atoms with E-state index in [1.165, 1.54) is 0 Å². The van der Waals surface area contributed by atoms with Gasteiger partial charge in [0, 0.05) is 20.2 Å². The summed E-state index contributed by atoms with van der Waals surface area (Å²) in [6.07, 6.45) is 2.97. The number of rotatable bonds is 9. The third kappa shape index (κ3) is 6.26. The summed E-state index contributed by atoms with van der Waals surface area (Å²) in [4.78, 5) is 13.5. The first-order chi connectivity index (χ1) is 9.65. The zero-order valence-electron chi connectivity index (χ0n) is 11.8. The first kappa shape index (κ1) is 16.8. The number of aliphatic hydroxyl groups excluding tert-OH is 1. The second-order valence-electron chi connectivity index (χ2n) is 4.63. The minimum absolute atomic E-state index is 0.0565. The van der Waals surface area contributed by atoms with Gasteiger partial charge < -0.3 is 14.7 Å². The van der Waals surface area contributed by atoms with Crippen molar-refractivity contribution < 1.29 is 14.6 Å². The van der Waals surface area contributed by atoms with E-state index in [1.807, 2.05) is 12.1 Å². The Labute approximate surface area is 125 Å². The van der Waals surface area contributed by atoms with Gasteiger partial charge in [-0.25, -0.2) is 0 Å². The number of hydrogen-bond acceptors (Lipinski definition) is 3. The van der Waals surface area contributed by atoms with Crippen LogP contribution in [0, 0.1) is 0 Å². The summed E-state index contributed by atoms with van der Waals surface area (Å²) in [5, 5.41) is 9.23. The van der Waals surface area contributed by atoms with Gasteiger partial charge in [0.15, 0.2) is 0 Å². The number of para-hydroxylation sites is 1. The molecule has 0 saturated carbocycles. The highest BCUT2D eigenvalue weighted by Gasteiger charge is 2.09. The van der Waals surface area contributed by atoms with Gasteiger partial charge in [-0.3, -0.25) is 4.79 Å². The average Bonchev–Trinajstić information content (AvgIpc) is 2.45. The molecule has 112 valence electrons. The molecule has 1 amide bonds. The summed E-state index contributed by atoms with van der Waals surface area (Å²) in [7, 11) is 1.79. The number of carbonyl (C=O) groups is 1. The smallest absolute Gasteiger partial charge is 0.225 e. The zero-order valence-corrected chi connectivity index (χ0v) is 12.6. The summed E-state index contributed by atoms with van der Waals surface area (Å²) >= 11 is 5.96. The van der Waals surface area contributed by atoms with Crippen LogP contribution in [0.2, 0.25) is 5.02 Å². The van der Waals surface area contributed by atoms with Gasteiger partial charge in [0.25, 0.3) is 0 Å². The number of nitrogens with zero attached hydrogens (tertiary/aromatic N) is 1. The molecule has 0 atom stereocenters. The molecule has 1 aromatic rings. The van der Waals surface area contributed by atoms with Gasteiger partial charge in [-0.15, -0.1) is 0 Å². The van der Waals surface area contributed by atoms with Crippen molar-refractivity contribution in [1.29, 1.82) is 0 Å². The van der Waals surface area contributed by atoms with Crippen molar-refractivity contribution in [2.45, 2.75) is 25.7 Å². The second-order valence-corrected chi connectivity index (χ2v) is 5.04. The van der Waals surface area contributed by atoms with E-state index in [0.717, 1.165) is 19.3 Å². The maximum atomic E-state index is 11.8. The van der Waals surface area contributed by atoms with Crippen LogP contribution in [-0.4, -0.2) is 42.7 Å². The molecule has 0 unspecified atom stereocenters. The van der Waals surface area contributed by atoms with Crippen LogP contribution in [0.1, 0.15) is 25.7 Å². The average molecular weight is 300 g/mol. The lowest BCUT2D eigenvalue weighted by atomic mass is 10.2. The van der Waals surface area contributed by atoms with Crippen molar-refractivity contribution in [2.75, 3.05) is 26.8 Å². The largest absolute Gasteiger partial charge is 0.491 e. The van der Waals surface area contributed by atoms with Crippen LogP contribution in [0.5, 0.6) is 5.75 Å². The first-order valence-electron chi connectivity index (χ1n) is 6.87. The van der Waals surface area contributed by atoms with E-state index in [9.17, 15) is 4.79 Å². The van der Waals surface area contributed by atoms with E-state index in [2.05, 4.69) is 0 Å². The molecule has 0 fully saturated rings. The molecule has 5 heteroatoms. The lowest BCUT2D eigenvalue weighted by molar-refractivity contribution is -0.130. The lowest BCUT2D eigenvalue weighted by Gasteiger charge is -2.17. The number of carbonyl (C=O) groups excluding carboxylic acids is 1. The summed E-state index contributed by atoms with van der Waals surface area (Å²) in [5.74, 6) is 0.661. The van der Waals surface area contributed by atoms with Crippen LogP contribution in [0.4, 0.5) is 0 Å². The highest BCUT2D eigenvalue weighted by atomic mass is 35.5. The molecule has 1 rings (SSSR count). The fourth-order valence-electron chi connectivity index (χ4n) is 1.76. The van der Waals surface area contributed by atoms with Crippen molar-refractivity contribution in [1.82, 2.24) is 4.90 Å². The van der Waals surface area contributed by atoms with E-state index in [4.69, 9.17) is 21.4 Å². The maximum Gasteiger partial charge on any atom is 0.225 e. The molecule has 0 aliphatic heterocycles. The van der Waals surface area contributed by atoms with E-state index in [0.29, 0.717) is 30.3 Å². The predicted octanol–water partition coefficient (Wildman–Crippen LogP) is 2.73. The van der Waals surface area contributed by atoms with Gasteiger partial charge in [0.05, 0.1) is 18.1 Å². The van der Waals surface area contributed by atoms with Gasteiger partial charge in [-0.05, 0) is 31.4 Å². The van der Waals surface area contributed by atoms with Crippen LogP contribution in [-0.2, 0) is 4.79 Å². The molecule has 0 radical (unpaired) electrons. The molecule has 20 heavy (non-hydrogen) atoms. The Balaban J connectivity index is 2.21. The summed E-state index contributed by atoms with van der Waals surface area (Å²) in [5.41, 5.74) is 0. The molecule has 0 saturated heterocycles. The molecule has 1 aromatic carbocycles. The zero-order chi connectivity index (χ0) is 14.8. The predicted molar refractivity (Wildman–Crippen MR) is 80.1 cm³/mol. The van der Waals surface area contributed by atoms with Crippen LogP contribution in [0.15, 0.2) is 24.3 Å². The minimum Gasteiger partial charge on any atom is -0.491 e. The summed E-state index contributed by atoms with van der Waals surface area (Å²) < 4.78 is 5.49. The molecule has 0 heterocycles. The third-order valence-electron chi connectivity index (χ3n) is 2.99. The minimum atomic E-state index is 0.0565. The molecule has 4 nitrogen and oxygen atoms in total. The fourth-order valence-corrected chi connectivity index (χ4v) is 1.95. The van der Waals surface area contributed by atoms with Crippen LogP contribution < -0.4 is 4.74 Å². The Hall–Kier alpha value is -1.26. The Morgan fingerprint density at radius 2 is 2.05 bits per heavy atom. The highest BCUT2D eigenvalue weighted by Crippen LogP contribution is 2.23. The van der Waals surface area contributed by atoms with Gasteiger partial charge >= 0.3 is 0 Å². The van der Waals surface area contributed by atoms with E-state index >= 15 is 0 Å². The molecule has 1 N–H and O–H groups in total. The van der Waals surface area contributed by atoms with Crippen LogP contribution in [0.3, 0.4) is 0 Å². The number of unbranched alkanes of at least 4 members (excludes halogenated alkanes) is 2.